The highest BCUT2D eigenvalue weighted by atomic mass is 79.9. The quantitative estimate of drug-likeness (QED) is 0.550. The lowest BCUT2D eigenvalue weighted by Gasteiger charge is -2.16. The van der Waals surface area contributed by atoms with E-state index >= 15 is 0 Å². The van der Waals surface area contributed by atoms with Gasteiger partial charge in [0.25, 0.3) is 0 Å². The zero-order chi connectivity index (χ0) is 18.7. The zero-order valence-electron chi connectivity index (χ0n) is 13.7. The summed E-state index contributed by atoms with van der Waals surface area (Å²) in [4.78, 5) is 37.9. The van der Waals surface area contributed by atoms with E-state index in [0.29, 0.717) is 5.69 Å². The maximum absolute atomic E-state index is 12.9. The van der Waals surface area contributed by atoms with E-state index in [2.05, 4.69) is 15.9 Å². The SMILES string of the molecule is O=C(COC(=O)[C@@H]1CC(=O)N(c2ccc(Br)cc2)C1)c1ccc(F)cc1. The van der Waals surface area contributed by atoms with Gasteiger partial charge in [0.2, 0.25) is 5.91 Å². The minimum atomic E-state index is -0.618. The van der Waals surface area contributed by atoms with E-state index in [1.165, 1.54) is 29.2 Å². The van der Waals surface area contributed by atoms with Crippen LogP contribution in [-0.2, 0) is 14.3 Å². The normalized spacial score (nSPS) is 16.6. The van der Waals surface area contributed by atoms with Gasteiger partial charge < -0.3 is 9.64 Å². The first-order valence-corrected chi connectivity index (χ1v) is 8.74. The maximum atomic E-state index is 12.9. The molecule has 1 amide bonds. The van der Waals surface area contributed by atoms with Gasteiger partial charge in [0, 0.05) is 28.7 Å². The van der Waals surface area contributed by atoms with Crippen LogP contribution in [0, 0.1) is 11.7 Å². The van der Waals surface area contributed by atoms with Crippen LogP contribution in [0.25, 0.3) is 0 Å². The molecule has 2 aromatic carbocycles. The number of carbonyl (C=O) groups is 3. The van der Waals surface area contributed by atoms with Crippen molar-refractivity contribution in [2.24, 2.45) is 5.92 Å². The molecule has 0 saturated carbocycles. The molecule has 26 heavy (non-hydrogen) atoms. The molecule has 0 aliphatic carbocycles. The molecule has 0 N–H and O–H groups in total. The first-order chi connectivity index (χ1) is 12.4. The molecule has 0 aromatic heterocycles. The molecule has 0 bridgehead atoms. The van der Waals surface area contributed by atoms with Crippen LogP contribution in [0.15, 0.2) is 53.0 Å². The van der Waals surface area contributed by atoms with Crippen LogP contribution in [0.4, 0.5) is 10.1 Å². The number of carbonyl (C=O) groups excluding carboxylic acids is 3. The molecule has 5 nitrogen and oxygen atoms in total. The summed E-state index contributed by atoms with van der Waals surface area (Å²) in [7, 11) is 0. The van der Waals surface area contributed by atoms with E-state index in [-0.39, 0.29) is 24.4 Å². The number of amides is 1. The highest BCUT2D eigenvalue weighted by molar-refractivity contribution is 9.10. The summed E-state index contributed by atoms with van der Waals surface area (Å²) >= 11 is 3.33. The Hall–Kier alpha value is -2.54. The van der Waals surface area contributed by atoms with Crippen molar-refractivity contribution in [3.8, 4) is 0 Å². The Morgan fingerprint density at radius 3 is 2.42 bits per heavy atom. The third-order valence-corrected chi connectivity index (χ3v) is 4.64. The molecule has 1 saturated heterocycles. The molecule has 0 spiro atoms. The fraction of sp³-hybridized carbons (Fsp3) is 0.211. The molecule has 134 valence electrons. The number of rotatable bonds is 5. The third kappa shape index (κ3) is 4.16. The van der Waals surface area contributed by atoms with Crippen LogP contribution < -0.4 is 4.90 Å². The molecule has 2 aromatic rings. The second-order valence-corrected chi connectivity index (χ2v) is 6.84. The van der Waals surface area contributed by atoms with Crippen molar-refractivity contribution in [2.75, 3.05) is 18.1 Å². The minimum Gasteiger partial charge on any atom is -0.457 e. The Labute approximate surface area is 157 Å². The van der Waals surface area contributed by atoms with Crippen molar-refractivity contribution in [3.63, 3.8) is 0 Å². The van der Waals surface area contributed by atoms with Crippen LogP contribution in [0.1, 0.15) is 16.8 Å². The lowest BCUT2D eigenvalue weighted by molar-refractivity contribution is -0.147. The molecular formula is C19H15BrFNO4. The van der Waals surface area contributed by atoms with Crippen molar-refractivity contribution < 1.29 is 23.5 Å². The topological polar surface area (TPSA) is 63.7 Å². The molecule has 0 radical (unpaired) electrons. The second-order valence-electron chi connectivity index (χ2n) is 5.92. The predicted molar refractivity (Wildman–Crippen MR) is 96.3 cm³/mol. The Balaban J connectivity index is 1.57. The molecule has 1 aliphatic rings. The summed E-state index contributed by atoms with van der Waals surface area (Å²) in [6.07, 6.45) is 0.0413. The van der Waals surface area contributed by atoms with Crippen LogP contribution in [0.3, 0.4) is 0 Å². The summed E-state index contributed by atoms with van der Waals surface area (Å²) < 4.78 is 18.8. The molecule has 1 fully saturated rings. The number of halogens is 2. The Kier molecular flexibility index (Phi) is 5.46. The molecule has 0 unspecified atom stereocenters. The standard InChI is InChI=1S/C19H15BrFNO4/c20-14-3-7-16(8-4-14)22-10-13(9-18(22)24)19(25)26-11-17(23)12-1-5-15(21)6-2-12/h1-8,13H,9-11H2/t13-/m1/s1. The Morgan fingerprint density at radius 2 is 1.77 bits per heavy atom. The lowest BCUT2D eigenvalue weighted by atomic mass is 10.1. The summed E-state index contributed by atoms with van der Waals surface area (Å²) in [5.41, 5.74) is 0.967. The largest absolute Gasteiger partial charge is 0.457 e. The molecule has 1 atom stereocenters. The molecule has 1 aliphatic heterocycles. The van der Waals surface area contributed by atoms with E-state index in [1.807, 2.05) is 12.1 Å². The highest BCUT2D eigenvalue weighted by Crippen LogP contribution is 2.27. The molecule has 1 heterocycles. The van der Waals surface area contributed by atoms with E-state index < -0.39 is 30.1 Å². The first-order valence-electron chi connectivity index (χ1n) is 7.95. The van der Waals surface area contributed by atoms with Gasteiger partial charge in [-0.3, -0.25) is 14.4 Å². The number of anilines is 1. The summed E-state index contributed by atoms with van der Waals surface area (Å²) in [6.45, 7) is -0.225. The van der Waals surface area contributed by atoms with Crippen molar-refractivity contribution >= 4 is 39.3 Å². The van der Waals surface area contributed by atoms with Crippen molar-refractivity contribution in [2.45, 2.75) is 6.42 Å². The maximum Gasteiger partial charge on any atom is 0.311 e. The lowest BCUT2D eigenvalue weighted by Crippen LogP contribution is -2.27. The van der Waals surface area contributed by atoms with Crippen LogP contribution >= 0.6 is 15.9 Å². The summed E-state index contributed by atoms with van der Waals surface area (Å²) in [5.74, 6) is -2.25. The van der Waals surface area contributed by atoms with Crippen LogP contribution in [0.2, 0.25) is 0 Å². The van der Waals surface area contributed by atoms with Gasteiger partial charge in [-0.1, -0.05) is 15.9 Å². The number of Topliss-reactive ketones (excluding diaryl/α,β-unsaturated/α-hetero) is 1. The molecule has 3 rings (SSSR count). The van der Waals surface area contributed by atoms with E-state index in [4.69, 9.17) is 4.74 Å². The fourth-order valence-corrected chi connectivity index (χ4v) is 2.97. The number of hydrogen-bond acceptors (Lipinski definition) is 4. The average molecular weight is 420 g/mol. The fourth-order valence-electron chi connectivity index (χ4n) is 2.71. The van der Waals surface area contributed by atoms with E-state index in [1.54, 1.807) is 12.1 Å². The zero-order valence-corrected chi connectivity index (χ0v) is 15.2. The first kappa shape index (κ1) is 18.3. The minimum absolute atomic E-state index is 0.0413. The van der Waals surface area contributed by atoms with Gasteiger partial charge in [0.15, 0.2) is 12.4 Å². The van der Waals surface area contributed by atoms with Gasteiger partial charge >= 0.3 is 5.97 Å². The number of ketones is 1. The van der Waals surface area contributed by atoms with Gasteiger partial charge in [0.1, 0.15) is 5.82 Å². The van der Waals surface area contributed by atoms with Crippen LogP contribution in [0.5, 0.6) is 0 Å². The van der Waals surface area contributed by atoms with Gasteiger partial charge in [-0.05, 0) is 48.5 Å². The average Bonchev–Trinajstić information content (AvgIpc) is 3.02. The number of hydrogen-bond donors (Lipinski definition) is 0. The number of esters is 1. The second kappa shape index (κ2) is 7.78. The van der Waals surface area contributed by atoms with Crippen molar-refractivity contribution in [1.29, 1.82) is 0 Å². The number of ether oxygens (including phenoxy) is 1. The monoisotopic (exact) mass is 419 g/mol. The summed E-state index contributed by atoms with van der Waals surface area (Å²) in [6, 6.07) is 12.2. The van der Waals surface area contributed by atoms with Gasteiger partial charge in [0.05, 0.1) is 5.92 Å². The predicted octanol–water partition coefficient (Wildman–Crippen LogP) is 3.37. The number of benzene rings is 2. The van der Waals surface area contributed by atoms with Crippen LogP contribution in [-0.4, -0.2) is 30.8 Å². The Morgan fingerprint density at radius 1 is 1.12 bits per heavy atom. The third-order valence-electron chi connectivity index (χ3n) is 4.11. The van der Waals surface area contributed by atoms with Gasteiger partial charge in [-0.15, -0.1) is 0 Å². The molecule has 7 heteroatoms. The van der Waals surface area contributed by atoms with E-state index in [9.17, 15) is 18.8 Å². The van der Waals surface area contributed by atoms with Crippen molar-refractivity contribution in [1.82, 2.24) is 0 Å². The highest BCUT2D eigenvalue weighted by Gasteiger charge is 2.36. The smallest absolute Gasteiger partial charge is 0.311 e. The molecular weight excluding hydrogens is 405 g/mol. The van der Waals surface area contributed by atoms with Gasteiger partial charge in [-0.2, -0.15) is 0 Å². The van der Waals surface area contributed by atoms with E-state index in [0.717, 1.165) is 4.47 Å². The summed E-state index contributed by atoms with van der Waals surface area (Å²) in [5, 5.41) is 0. The Bertz CT molecular complexity index is 836. The van der Waals surface area contributed by atoms with Crippen molar-refractivity contribution in [3.05, 3.63) is 64.4 Å². The van der Waals surface area contributed by atoms with Gasteiger partial charge in [-0.25, -0.2) is 4.39 Å². The number of nitrogens with zero attached hydrogens (tertiary/aromatic N) is 1.